The Morgan fingerprint density at radius 1 is 1.17 bits per heavy atom. The number of rotatable bonds is 2. The second-order valence-electron chi connectivity index (χ2n) is 5.39. The smallest absolute Gasteiger partial charge is 0.420 e. The summed E-state index contributed by atoms with van der Waals surface area (Å²) < 4.78 is 0. The molecule has 6 heteroatoms. The fraction of sp³-hybridized carbons (Fsp3) is 0.833. The maximum atomic E-state index is 12.1. The number of quaternary nitrogens is 1. The first-order chi connectivity index (χ1) is 7.57. The number of hydrogen-bond acceptors (Lipinski definition) is 2. The molecule has 18 heavy (non-hydrogen) atoms. The van der Waals surface area contributed by atoms with Gasteiger partial charge in [0.1, 0.15) is 0 Å². The van der Waals surface area contributed by atoms with Gasteiger partial charge in [0.25, 0.3) is 5.91 Å². The summed E-state index contributed by atoms with van der Waals surface area (Å²) in [5.41, 5.74) is -0.530. The van der Waals surface area contributed by atoms with Crippen molar-refractivity contribution >= 4 is 11.9 Å². The summed E-state index contributed by atoms with van der Waals surface area (Å²) in [5.74, 6) is 0.481. The van der Waals surface area contributed by atoms with Gasteiger partial charge in [0.15, 0.2) is 5.54 Å². The number of imide groups is 1. The zero-order valence-corrected chi connectivity index (χ0v) is 12.4. The summed E-state index contributed by atoms with van der Waals surface area (Å²) in [6.45, 7) is 4.09. The molecule has 2 rings (SSSR count). The van der Waals surface area contributed by atoms with Gasteiger partial charge in [-0.25, -0.2) is 15.4 Å². The number of amides is 3. The van der Waals surface area contributed by atoms with Crippen LogP contribution in [-0.4, -0.2) is 17.5 Å². The number of carbonyl (C=O) groups is 2. The van der Waals surface area contributed by atoms with E-state index in [0.717, 1.165) is 12.8 Å². The number of nitrogens with two attached hydrogens (primary N) is 1. The molecule has 1 saturated heterocycles. The molecule has 1 aliphatic carbocycles. The Morgan fingerprint density at radius 3 is 2.11 bits per heavy atom. The maximum absolute atomic E-state index is 12.1. The van der Waals surface area contributed by atoms with Gasteiger partial charge in [-0.1, -0.05) is 33.1 Å². The summed E-state index contributed by atoms with van der Waals surface area (Å²) in [7, 11) is 0. The van der Waals surface area contributed by atoms with E-state index >= 15 is 0 Å². The summed E-state index contributed by atoms with van der Waals surface area (Å²) in [4.78, 5) is 23.5. The second kappa shape index (κ2) is 6.73. The van der Waals surface area contributed by atoms with Crippen LogP contribution >= 0.6 is 0 Å². The van der Waals surface area contributed by atoms with Crippen LogP contribution in [0.2, 0.25) is 0 Å². The van der Waals surface area contributed by atoms with Crippen molar-refractivity contribution in [2.24, 2.45) is 11.8 Å². The molecular formula is C12H21Cl2N2O2-. The first-order valence-corrected chi connectivity index (χ1v) is 6.28. The number of nitrogens with one attached hydrogen (secondary N) is 1. The molecule has 3 N–H and O–H groups in total. The van der Waals surface area contributed by atoms with Crippen LogP contribution in [0.25, 0.3) is 0 Å². The average Bonchev–Trinajstić information content (AvgIpc) is 2.56. The van der Waals surface area contributed by atoms with Gasteiger partial charge in [0.05, 0.1) is 0 Å². The Hall–Kier alpha value is -0.320. The van der Waals surface area contributed by atoms with E-state index in [2.05, 4.69) is 5.32 Å². The minimum absolute atomic E-state index is 0. The molecule has 0 bridgehead atoms. The van der Waals surface area contributed by atoms with E-state index in [4.69, 9.17) is 0 Å². The molecule has 0 radical (unpaired) electrons. The highest BCUT2D eigenvalue weighted by molar-refractivity contribution is 6.00. The highest BCUT2D eigenvalue weighted by atomic mass is 35.5. The van der Waals surface area contributed by atoms with E-state index in [9.17, 15) is 9.59 Å². The summed E-state index contributed by atoms with van der Waals surface area (Å²) in [6, 6.07) is -0.204. The molecule has 2 fully saturated rings. The van der Waals surface area contributed by atoms with E-state index in [0.29, 0.717) is 5.92 Å². The van der Waals surface area contributed by atoms with Crippen LogP contribution in [0.4, 0.5) is 4.79 Å². The molecule has 0 aromatic carbocycles. The van der Waals surface area contributed by atoms with Crippen molar-refractivity contribution in [3.63, 3.8) is 0 Å². The molecule has 3 amide bonds. The molecule has 1 unspecified atom stereocenters. The van der Waals surface area contributed by atoms with Crippen LogP contribution in [0.15, 0.2) is 0 Å². The zero-order valence-electron chi connectivity index (χ0n) is 10.8. The van der Waals surface area contributed by atoms with Crippen LogP contribution in [0.1, 0.15) is 46.0 Å². The predicted molar refractivity (Wildman–Crippen MR) is 59.6 cm³/mol. The Morgan fingerprint density at radius 2 is 1.72 bits per heavy atom. The lowest BCUT2D eigenvalue weighted by Gasteiger charge is -2.36. The molecule has 0 aromatic rings. The fourth-order valence-corrected chi connectivity index (χ4v) is 3.32. The highest BCUT2D eigenvalue weighted by Crippen LogP contribution is 2.35. The molecule has 106 valence electrons. The van der Waals surface area contributed by atoms with Crippen molar-refractivity contribution in [3.8, 4) is 0 Å². The van der Waals surface area contributed by atoms with Crippen LogP contribution in [0.5, 0.6) is 0 Å². The zero-order chi connectivity index (χ0) is 11.8. The Labute approximate surface area is 120 Å². The number of urea groups is 1. The van der Waals surface area contributed by atoms with E-state index in [-0.39, 0.29) is 42.7 Å². The lowest BCUT2D eigenvalue weighted by molar-refractivity contribution is -0.630. The number of carbonyl (C=O) groups excluding carboxylic acids is 2. The van der Waals surface area contributed by atoms with Gasteiger partial charge in [0.2, 0.25) is 0 Å². The van der Waals surface area contributed by atoms with Crippen molar-refractivity contribution in [1.82, 2.24) is 5.32 Å². The third kappa shape index (κ3) is 2.81. The molecular weight excluding hydrogens is 275 g/mol. The Balaban J connectivity index is 0.00000144. The molecule has 0 spiro atoms. The molecule has 2 aliphatic rings. The fourth-order valence-electron chi connectivity index (χ4n) is 3.32. The quantitative estimate of drug-likeness (QED) is 0.500. The lowest BCUT2D eigenvalue weighted by Crippen LogP contribution is -3.00. The van der Waals surface area contributed by atoms with Crippen LogP contribution < -0.4 is 35.4 Å². The van der Waals surface area contributed by atoms with Gasteiger partial charge < -0.3 is 24.8 Å². The summed E-state index contributed by atoms with van der Waals surface area (Å²) >= 11 is 0. The molecule has 4 nitrogen and oxygen atoms in total. The molecule has 0 aromatic heterocycles. The first kappa shape index (κ1) is 17.7. The Kier molecular flexibility index (Phi) is 6.61. The topological polar surface area (TPSA) is 62.8 Å². The number of halogens is 2. The second-order valence-corrected chi connectivity index (χ2v) is 5.39. The van der Waals surface area contributed by atoms with E-state index in [1.807, 2.05) is 13.8 Å². The number of hydrogen-bond donors (Lipinski definition) is 2. The standard InChI is InChI=1S/C12H20N2O2.2ClH/c1-8(2)12(9-6-4-3-5-7-9)10(15)13-11(16)14-12;;/h8-9H,3-7H2,1-2H3,(H2,13,14,15,16);2*1H/p-1. The third-order valence-corrected chi connectivity index (χ3v) is 4.24. The maximum Gasteiger partial charge on any atom is 0.420 e. The molecule has 1 heterocycles. The normalized spacial score (nSPS) is 28.6. The van der Waals surface area contributed by atoms with Crippen molar-refractivity contribution in [3.05, 3.63) is 0 Å². The van der Waals surface area contributed by atoms with Gasteiger partial charge in [-0.2, -0.15) is 0 Å². The van der Waals surface area contributed by atoms with Gasteiger partial charge in [-0.05, 0) is 12.8 Å². The molecule has 1 atom stereocenters. The van der Waals surface area contributed by atoms with Gasteiger partial charge in [-0.3, -0.25) is 4.79 Å². The predicted octanol–water partition coefficient (Wildman–Crippen LogP) is -5.22. The van der Waals surface area contributed by atoms with E-state index < -0.39 is 5.54 Å². The minimum atomic E-state index is -0.530. The minimum Gasteiger partial charge on any atom is -1.00 e. The van der Waals surface area contributed by atoms with Crippen molar-refractivity contribution in [2.75, 3.05) is 0 Å². The van der Waals surface area contributed by atoms with E-state index in [1.54, 1.807) is 5.32 Å². The first-order valence-electron chi connectivity index (χ1n) is 6.28. The van der Waals surface area contributed by atoms with Crippen LogP contribution in [0, 0.1) is 11.8 Å². The Bertz CT molecular complexity index is 317. The lowest BCUT2D eigenvalue weighted by atomic mass is 9.69. The van der Waals surface area contributed by atoms with Crippen molar-refractivity contribution in [2.45, 2.75) is 51.5 Å². The van der Waals surface area contributed by atoms with Crippen LogP contribution in [0.3, 0.4) is 0 Å². The number of primary amides is 1. The average molecular weight is 296 g/mol. The van der Waals surface area contributed by atoms with Gasteiger partial charge >= 0.3 is 6.03 Å². The highest BCUT2D eigenvalue weighted by Gasteiger charge is 2.58. The SMILES string of the molecule is CC(C)C1(C2CCCCC2)[NH2+]C(=O)NC1=O.[Cl-].[Cl-]. The van der Waals surface area contributed by atoms with E-state index in [1.165, 1.54) is 19.3 Å². The largest absolute Gasteiger partial charge is 1.00 e. The third-order valence-electron chi connectivity index (χ3n) is 4.24. The van der Waals surface area contributed by atoms with Gasteiger partial charge in [-0.15, -0.1) is 0 Å². The van der Waals surface area contributed by atoms with Gasteiger partial charge in [0, 0.05) is 11.8 Å². The van der Waals surface area contributed by atoms with Crippen molar-refractivity contribution < 1.29 is 39.7 Å². The summed E-state index contributed by atoms with van der Waals surface area (Å²) in [5, 5.41) is 4.10. The summed E-state index contributed by atoms with van der Waals surface area (Å²) in [6.07, 6.45) is 5.80. The molecule has 1 aliphatic heterocycles. The monoisotopic (exact) mass is 295 g/mol. The molecule has 1 saturated carbocycles. The van der Waals surface area contributed by atoms with Crippen molar-refractivity contribution in [1.29, 1.82) is 0 Å². The van der Waals surface area contributed by atoms with Crippen LogP contribution in [-0.2, 0) is 4.79 Å².